The summed E-state index contributed by atoms with van der Waals surface area (Å²) in [4.78, 5) is 45.5. The van der Waals surface area contributed by atoms with E-state index in [1.807, 2.05) is 13.8 Å². The second-order valence-corrected chi connectivity index (χ2v) is 8.36. The van der Waals surface area contributed by atoms with Crippen molar-refractivity contribution >= 4 is 34.9 Å². The normalized spacial score (nSPS) is 14.1. The maximum Gasteiger partial charge on any atom is 0.353 e. The molecular formula is C23H29N5O6. The van der Waals surface area contributed by atoms with Crippen LogP contribution in [0.4, 0.5) is 23.0 Å². The molecule has 2 heterocycles. The smallest absolute Gasteiger partial charge is 0.353 e. The van der Waals surface area contributed by atoms with E-state index >= 15 is 0 Å². The highest BCUT2D eigenvalue weighted by Gasteiger charge is 2.32. The van der Waals surface area contributed by atoms with Crippen molar-refractivity contribution in [1.29, 1.82) is 0 Å². The lowest BCUT2D eigenvalue weighted by Gasteiger charge is -2.31. The molecule has 0 spiro atoms. The molecular weight excluding hydrogens is 442 g/mol. The second-order valence-electron chi connectivity index (χ2n) is 8.36. The summed E-state index contributed by atoms with van der Waals surface area (Å²) in [6.45, 7) is 7.19. The van der Waals surface area contributed by atoms with E-state index in [-0.39, 0.29) is 35.1 Å². The molecule has 1 aliphatic heterocycles. The van der Waals surface area contributed by atoms with Gasteiger partial charge >= 0.3 is 17.6 Å². The Morgan fingerprint density at radius 2 is 1.85 bits per heavy atom. The molecule has 0 unspecified atom stereocenters. The third-order valence-electron chi connectivity index (χ3n) is 5.33. The molecule has 1 aromatic carbocycles. The van der Waals surface area contributed by atoms with Crippen LogP contribution in [0.2, 0.25) is 0 Å². The molecule has 34 heavy (non-hydrogen) atoms. The third-order valence-corrected chi connectivity index (χ3v) is 5.33. The Morgan fingerprint density at radius 1 is 1.18 bits per heavy atom. The van der Waals surface area contributed by atoms with E-state index < -0.39 is 10.9 Å². The lowest BCUT2D eigenvalue weighted by atomic mass is 9.97. The first-order chi connectivity index (χ1) is 16.3. The highest BCUT2D eigenvalue weighted by Crippen LogP contribution is 2.35. The Labute approximate surface area is 197 Å². The molecule has 182 valence electrons. The fraction of sp³-hybridized carbons (Fsp3) is 0.478. The zero-order valence-electron chi connectivity index (χ0n) is 19.5. The summed E-state index contributed by atoms with van der Waals surface area (Å²) in [5.41, 5.74) is 0.653. The van der Waals surface area contributed by atoms with Crippen molar-refractivity contribution in [2.45, 2.75) is 33.6 Å². The number of benzene rings is 1. The van der Waals surface area contributed by atoms with Crippen molar-refractivity contribution in [2.24, 2.45) is 11.8 Å². The van der Waals surface area contributed by atoms with Gasteiger partial charge in [-0.15, -0.1) is 0 Å². The van der Waals surface area contributed by atoms with Gasteiger partial charge in [-0.05, 0) is 49.9 Å². The minimum absolute atomic E-state index is 0.0395. The molecule has 0 atom stereocenters. The second kappa shape index (κ2) is 11.4. The van der Waals surface area contributed by atoms with E-state index in [1.165, 1.54) is 6.33 Å². The van der Waals surface area contributed by atoms with Crippen LogP contribution in [0.3, 0.4) is 0 Å². The Morgan fingerprint density at radius 3 is 2.44 bits per heavy atom. The van der Waals surface area contributed by atoms with E-state index in [1.54, 1.807) is 36.1 Å². The van der Waals surface area contributed by atoms with Gasteiger partial charge in [0.25, 0.3) is 0 Å². The van der Waals surface area contributed by atoms with Gasteiger partial charge in [0.1, 0.15) is 6.33 Å². The highest BCUT2D eigenvalue weighted by atomic mass is 16.6. The number of hydrogen-bond donors (Lipinski definition) is 1. The SMILES string of the molecule is CCOC(=O)C1CCN(c2ncnc(Nc3ccc(C(=O)OCC(C)C)cc3)c2[N+](=O)[O-])CC1. The van der Waals surface area contributed by atoms with Crippen LogP contribution in [0.1, 0.15) is 44.0 Å². The number of nitrogens with one attached hydrogen (secondary N) is 1. The summed E-state index contributed by atoms with van der Waals surface area (Å²) in [5, 5.41) is 14.9. The molecule has 2 aromatic rings. The summed E-state index contributed by atoms with van der Waals surface area (Å²) in [5.74, 6) is -0.426. The number of ether oxygens (including phenoxy) is 2. The molecule has 1 fully saturated rings. The largest absolute Gasteiger partial charge is 0.466 e. The van der Waals surface area contributed by atoms with Crippen molar-refractivity contribution in [2.75, 3.05) is 36.5 Å². The number of carbonyl (C=O) groups is 2. The van der Waals surface area contributed by atoms with Crippen LogP contribution >= 0.6 is 0 Å². The number of hydrogen-bond acceptors (Lipinski definition) is 10. The summed E-state index contributed by atoms with van der Waals surface area (Å²) < 4.78 is 10.3. The molecule has 1 N–H and O–H groups in total. The number of nitrogens with zero attached hydrogens (tertiary/aromatic N) is 4. The summed E-state index contributed by atoms with van der Waals surface area (Å²) >= 11 is 0. The Kier molecular flexibility index (Phi) is 8.34. The van der Waals surface area contributed by atoms with Crippen LogP contribution in [0.25, 0.3) is 0 Å². The minimum atomic E-state index is -0.521. The fourth-order valence-electron chi connectivity index (χ4n) is 3.60. The number of carbonyl (C=O) groups excluding carboxylic acids is 2. The molecule has 0 amide bonds. The average Bonchev–Trinajstić information content (AvgIpc) is 2.83. The Balaban J connectivity index is 1.74. The molecule has 11 nitrogen and oxygen atoms in total. The van der Waals surface area contributed by atoms with Crippen molar-refractivity contribution in [3.05, 3.63) is 46.3 Å². The van der Waals surface area contributed by atoms with Crippen molar-refractivity contribution in [3.63, 3.8) is 0 Å². The topological polar surface area (TPSA) is 137 Å². The van der Waals surface area contributed by atoms with E-state index in [9.17, 15) is 19.7 Å². The maximum atomic E-state index is 12.1. The van der Waals surface area contributed by atoms with Gasteiger partial charge in [-0.25, -0.2) is 14.8 Å². The van der Waals surface area contributed by atoms with Crippen molar-refractivity contribution < 1.29 is 24.0 Å². The first-order valence-corrected chi connectivity index (χ1v) is 11.2. The number of piperidine rings is 1. The van der Waals surface area contributed by atoms with E-state index in [4.69, 9.17) is 9.47 Å². The molecule has 0 radical (unpaired) electrons. The predicted octanol–water partition coefficient (Wildman–Crippen LogP) is 3.72. The molecule has 1 aliphatic rings. The standard InChI is InChI=1S/C23H29N5O6/c1-4-33-22(29)17-9-11-27(12-10-17)21-19(28(31)32)20(24-14-25-21)26-18-7-5-16(6-8-18)23(30)34-13-15(2)3/h5-8,14-15,17H,4,9-13H2,1-3H3,(H,24,25,26). The van der Waals surface area contributed by atoms with E-state index in [0.717, 1.165) is 0 Å². The number of esters is 2. The van der Waals surface area contributed by atoms with Crippen LogP contribution in [0.5, 0.6) is 0 Å². The molecule has 11 heteroatoms. The first-order valence-electron chi connectivity index (χ1n) is 11.2. The van der Waals surface area contributed by atoms with Gasteiger partial charge in [0.2, 0.25) is 11.6 Å². The van der Waals surface area contributed by atoms with Crippen LogP contribution < -0.4 is 10.2 Å². The number of aromatic nitrogens is 2. The van der Waals surface area contributed by atoms with Gasteiger partial charge in [0, 0.05) is 18.8 Å². The number of rotatable bonds is 9. The van der Waals surface area contributed by atoms with E-state index in [2.05, 4.69) is 15.3 Å². The Hall–Kier alpha value is -3.76. The van der Waals surface area contributed by atoms with Crippen molar-refractivity contribution in [3.8, 4) is 0 Å². The number of anilines is 3. The van der Waals surface area contributed by atoms with Crippen LogP contribution in [-0.4, -0.2) is 53.1 Å². The zero-order valence-corrected chi connectivity index (χ0v) is 19.5. The fourth-order valence-corrected chi connectivity index (χ4v) is 3.60. The van der Waals surface area contributed by atoms with E-state index in [0.29, 0.717) is 50.4 Å². The van der Waals surface area contributed by atoms with Gasteiger partial charge in [0.05, 0.1) is 29.6 Å². The first kappa shape index (κ1) is 24.9. The molecule has 3 rings (SSSR count). The monoisotopic (exact) mass is 471 g/mol. The minimum Gasteiger partial charge on any atom is -0.466 e. The van der Waals surface area contributed by atoms with Gasteiger partial charge in [-0.3, -0.25) is 14.9 Å². The Bertz CT molecular complexity index is 1020. The maximum absolute atomic E-state index is 12.1. The van der Waals surface area contributed by atoms with Gasteiger partial charge in [-0.2, -0.15) is 0 Å². The van der Waals surface area contributed by atoms with Crippen LogP contribution in [-0.2, 0) is 14.3 Å². The van der Waals surface area contributed by atoms with Crippen LogP contribution in [0.15, 0.2) is 30.6 Å². The lowest BCUT2D eigenvalue weighted by molar-refractivity contribution is -0.383. The summed E-state index contributed by atoms with van der Waals surface area (Å²) in [6, 6.07) is 6.42. The molecule has 1 saturated heterocycles. The molecule has 0 aliphatic carbocycles. The predicted molar refractivity (Wildman–Crippen MR) is 125 cm³/mol. The molecule has 0 saturated carbocycles. The molecule has 0 bridgehead atoms. The van der Waals surface area contributed by atoms with Gasteiger partial charge in [-0.1, -0.05) is 13.8 Å². The number of nitro groups is 1. The average molecular weight is 472 g/mol. The van der Waals surface area contributed by atoms with Crippen molar-refractivity contribution in [1.82, 2.24) is 9.97 Å². The summed E-state index contributed by atoms with van der Waals surface area (Å²) in [6.07, 6.45) is 2.31. The lowest BCUT2D eigenvalue weighted by Crippen LogP contribution is -2.37. The van der Waals surface area contributed by atoms with Gasteiger partial charge < -0.3 is 19.7 Å². The van der Waals surface area contributed by atoms with Gasteiger partial charge in [0.15, 0.2) is 0 Å². The zero-order chi connectivity index (χ0) is 24.7. The summed E-state index contributed by atoms with van der Waals surface area (Å²) in [7, 11) is 0. The molecule has 1 aromatic heterocycles. The van der Waals surface area contributed by atoms with Crippen LogP contribution in [0, 0.1) is 22.0 Å². The highest BCUT2D eigenvalue weighted by molar-refractivity contribution is 5.90. The quantitative estimate of drug-likeness (QED) is 0.327. The third kappa shape index (κ3) is 6.18.